The van der Waals surface area contributed by atoms with Gasteiger partial charge in [0.1, 0.15) is 5.65 Å². The molecule has 0 unspecified atom stereocenters. The number of hydrogen-bond acceptors (Lipinski definition) is 3. The molecule has 0 aliphatic rings. The van der Waals surface area contributed by atoms with Gasteiger partial charge in [-0.2, -0.15) is 0 Å². The molecule has 0 atom stereocenters. The van der Waals surface area contributed by atoms with Gasteiger partial charge in [-0.05, 0) is 42.8 Å². The van der Waals surface area contributed by atoms with Crippen molar-refractivity contribution in [3.05, 3.63) is 90.3 Å². The summed E-state index contributed by atoms with van der Waals surface area (Å²) in [5.74, 6) is -0.577. The van der Waals surface area contributed by atoms with E-state index < -0.39 is 0 Å². The van der Waals surface area contributed by atoms with Crippen LogP contribution < -0.4 is 10.6 Å². The van der Waals surface area contributed by atoms with Gasteiger partial charge in [-0.3, -0.25) is 9.59 Å². The Kier molecular flexibility index (Phi) is 5.07. The Morgan fingerprint density at radius 1 is 1.00 bits per heavy atom. The summed E-state index contributed by atoms with van der Waals surface area (Å²) < 4.78 is 1.98. The molecule has 2 heterocycles. The number of aryl methyl sites for hydroxylation is 1. The summed E-state index contributed by atoms with van der Waals surface area (Å²) in [5, 5.41) is 5.44. The van der Waals surface area contributed by atoms with Crippen LogP contribution in [-0.4, -0.2) is 27.7 Å². The minimum atomic E-state index is -0.294. The maximum atomic E-state index is 12.2. The Hall–Kier alpha value is -3.93. The van der Waals surface area contributed by atoms with E-state index in [1.54, 1.807) is 24.3 Å². The third-order valence-corrected chi connectivity index (χ3v) is 4.57. The molecule has 0 saturated carbocycles. The monoisotopic (exact) mass is 384 g/mol. The standard InChI is InChI=1S/C23H20N4O2/c1-16-7-6-12-27-15-20(26-22(16)27)18-10-5-11-19(13-18)25-21(28)14-24-23(29)17-8-3-2-4-9-17/h2-13,15H,14H2,1H3,(H,24,29)(H,25,28). The molecule has 6 heteroatoms. The lowest BCUT2D eigenvalue weighted by molar-refractivity contribution is -0.115. The number of rotatable bonds is 5. The van der Waals surface area contributed by atoms with Gasteiger partial charge in [0.25, 0.3) is 5.91 Å². The lowest BCUT2D eigenvalue weighted by atomic mass is 10.1. The lowest BCUT2D eigenvalue weighted by Crippen LogP contribution is -2.32. The molecule has 2 amide bonds. The molecule has 4 aromatic rings. The molecule has 2 aromatic heterocycles. The van der Waals surface area contributed by atoms with Crippen LogP contribution in [0, 0.1) is 6.92 Å². The van der Waals surface area contributed by atoms with Crippen molar-refractivity contribution in [2.75, 3.05) is 11.9 Å². The summed E-state index contributed by atoms with van der Waals surface area (Å²) in [4.78, 5) is 29.0. The van der Waals surface area contributed by atoms with E-state index in [0.717, 1.165) is 22.5 Å². The van der Waals surface area contributed by atoms with Crippen molar-refractivity contribution >= 4 is 23.1 Å². The van der Waals surface area contributed by atoms with Crippen molar-refractivity contribution in [2.45, 2.75) is 6.92 Å². The molecular weight excluding hydrogens is 364 g/mol. The number of hydrogen-bond donors (Lipinski definition) is 2. The number of benzene rings is 2. The summed E-state index contributed by atoms with van der Waals surface area (Å²) in [7, 11) is 0. The lowest BCUT2D eigenvalue weighted by Gasteiger charge is -2.08. The van der Waals surface area contributed by atoms with Gasteiger partial charge in [0.2, 0.25) is 5.91 Å². The van der Waals surface area contributed by atoms with Crippen LogP contribution in [0.4, 0.5) is 5.69 Å². The van der Waals surface area contributed by atoms with Crippen LogP contribution in [0.3, 0.4) is 0 Å². The average Bonchev–Trinajstić information content (AvgIpc) is 3.19. The number of pyridine rings is 1. The number of amides is 2. The van der Waals surface area contributed by atoms with E-state index in [4.69, 9.17) is 0 Å². The first-order valence-electron chi connectivity index (χ1n) is 9.28. The second-order valence-corrected chi connectivity index (χ2v) is 6.73. The highest BCUT2D eigenvalue weighted by Crippen LogP contribution is 2.23. The highest BCUT2D eigenvalue weighted by Gasteiger charge is 2.10. The number of aromatic nitrogens is 2. The molecule has 6 nitrogen and oxygen atoms in total. The zero-order valence-electron chi connectivity index (χ0n) is 15.9. The number of anilines is 1. The van der Waals surface area contributed by atoms with E-state index in [-0.39, 0.29) is 18.4 Å². The summed E-state index contributed by atoms with van der Waals surface area (Å²) in [6.45, 7) is 1.91. The van der Waals surface area contributed by atoms with Crippen molar-refractivity contribution in [1.29, 1.82) is 0 Å². The molecule has 2 N–H and O–H groups in total. The molecular formula is C23H20N4O2. The van der Waals surface area contributed by atoms with Crippen LogP contribution in [0.2, 0.25) is 0 Å². The van der Waals surface area contributed by atoms with Crippen molar-refractivity contribution in [1.82, 2.24) is 14.7 Å². The summed E-state index contributed by atoms with van der Waals surface area (Å²) >= 11 is 0. The van der Waals surface area contributed by atoms with Gasteiger partial charge in [0.05, 0.1) is 12.2 Å². The van der Waals surface area contributed by atoms with Gasteiger partial charge in [-0.25, -0.2) is 4.98 Å². The molecule has 0 saturated heterocycles. The van der Waals surface area contributed by atoms with Gasteiger partial charge >= 0.3 is 0 Å². The predicted octanol–water partition coefficient (Wildman–Crippen LogP) is 3.68. The fourth-order valence-corrected chi connectivity index (χ4v) is 3.11. The van der Waals surface area contributed by atoms with Gasteiger partial charge in [-0.15, -0.1) is 0 Å². The number of carbonyl (C=O) groups excluding carboxylic acids is 2. The quantitative estimate of drug-likeness (QED) is 0.551. The van der Waals surface area contributed by atoms with E-state index in [1.807, 2.05) is 66.2 Å². The number of nitrogens with zero attached hydrogens (tertiary/aromatic N) is 2. The molecule has 29 heavy (non-hydrogen) atoms. The SMILES string of the molecule is Cc1cccn2cc(-c3cccc(NC(=O)CNC(=O)c4ccccc4)c3)nc12. The number of carbonyl (C=O) groups is 2. The number of fused-ring (bicyclic) bond motifs is 1. The van der Waals surface area contributed by atoms with Gasteiger partial charge in [0.15, 0.2) is 0 Å². The largest absolute Gasteiger partial charge is 0.343 e. The molecule has 0 fully saturated rings. The van der Waals surface area contributed by atoms with Crippen molar-refractivity contribution < 1.29 is 9.59 Å². The summed E-state index contributed by atoms with van der Waals surface area (Å²) in [6.07, 6.45) is 3.92. The minimum Gasteiger partial charge on any atom is -0.343 e. The van der Waals surface area contributed by atoms with Crippen LogP contribution in [-0.2, 0) is 4.79 Å². The minimum absolute atomic E-state index is 0.106. The number of imidazole rings is 1. The van der Waals surface area contributed by atoms with Crippen LogP contribution >= 0.6 is 0 Å². The molecule has 0 bridgehead atoms. The van der Waals surface area contributed by atoms with Gasteiger partial charge in [0, 0.05) is 29.2 Å². The number of nitrogens with one attached hydrogen (secondary N) is 2. The zero-order valence-corrected chi connectivity index (χ0v) is 15.9. The third-order valence-electron chi connectivity index (χ3n) is 4.57. The molecule has 0 radical (unpaired) electrons. The van der Waals surface area contributed by atoms with Crippen LogP contribution in [0.15, 0.2) is 79.1 Å². The van der Waals surface area contributed by atoms with E-state index in [1.165, 1.54) is 0 Å². The van der Waals surface area contributed by atoms with Gasteiger partial charge in [-0.1, -0.05) is 36.4 Å². The summed E-state index contributed by atoms with van der Waals surface area (Å²) in [6, 6.07) is 20.3. The fraction of sp³-hybridized carbons (Fsp3) is 0.0870. The predicted molar refractivity (Wildman–Crippen MR) is 113 cm³/mol. The molecule has 144 valence electrons. The highest BCUT2D eigenvalue weighted by atomic mass is 16.2. The first-order valence-corrected chi connectivity index (χ1v) is 9.28. The smallest absolute Gasteiger partial charge is 0.251 e. The van der Waals surface area contributed by atoms with E-state index in [2.05, 4.69) is 15.6 Å². The topological polar surface area (TPSA) is 75.5 Å². The zero-order chi connectivity index (χ0) is 20.2. The molecule has 4 rings (SSSR count). The Labute approximate surface area is 168 Å². The van der Waals surface area contributed by atoms with Gasteiger partial charge < -0.3 is 15.0 Å². The normalized spacial score (nSPS) is 10.7. The van der Waals surface area contributed by atoms with Crippen LogP contribution in [0.1, 0.15) is 15.9 Å². The first kappa shape index (κ1) is 18.4. The van der Waals surface area contributed by atoms with Crippen molar-refractivity contribution in [3.63, 3.8) is 0 Å². The average molecular weight is 384 g/mol. The Morgan fingerprint density at radius 3 is 2.62 bits per heavy atom. The molecule has 0 spiro atoms. The van der Waals surface area contributed by atoms with Crippen LogP contribution in [0.5, 0.6) is 0 Å². The second-order valence-electron chi connectivity index (χ2n) is 6.73. The Balaban J connectivity index is 1.44. The van der Waals surface area contributed by atoms with Crippen molar-refractivity contribution in [3.8, 4) is 11.3 Å². The Morgan fingerprint density at radius 2 is 1.83 bits per heavy atom. The van der Waals surface area contributed by atoms with E-state index in [9.17, 15) is 9.59 Å². The molecule has 2 aromatic carbocycles. The summed E-state index contributed by atoms with van der Waals surface area (Å²) in [5.41, 5.74) is 4.89. The second kappa shape index (κ2) is 7.98. The van der Waals surface area contributed by atoms with E-state index >= 15 is 0 Å². The maximum Gasteiger partial charge on any atom is 0.251 e. The maximum absolute atomic E-state index is 12.2. The third kappa shape index (κ3) is 4.16. The van der Waals surface area contributed by atoms with Crippen molar-refractivity contribution in [2.24, 2.45) is 0 Å². The van der Waals surface area contributed by atoms with Crippen LogP contribution in [0.25, 0.3) is 16.9 Å². The molecule has 0 aliphatic carbocycles. The van der Waals surface area contributed by atoms with E-state index in [0.29, 0.717) is 11.3 Å². The molecule has 0 aliphatic heterocycles. The first-order chi connectivity index (χ1) is 14.1. The fourth-order valence-electron chi connectivity index (χ4n) is 3.11. The highest BCUT2D eigenvalue weighted by molar-refractivity contribution is 5.99. The Bertz CT molecular complexity index is 1180.